The van der Waals surface area contributed by atoms with E-state index in [9.17, 15) is 9.59 Å². The van der Waals surface area contributed by atoms with Crippen LogP contribution >= 0.6 is 11.3 Å². The van der Waals surface area contributed by atoms with Gasteiger partial charge in [-0.3, -0.25) is 4.79 Å². The number of methoxy groups -OCH3 is 2. The first-order valence-electron chi connectivity index (χ1n) is 13.1. The molecule has 1 aliphatic rings. The van der Waals surface area contributed by atoms with Gasteiger partial charge in [-0.2, -0.15) is 0 Å². The fourth-order valence-electron chi connectivity index (χ4n) is 5.30. The minimum absolute atomic E-state index is 0.303. The van der Waals surface area contributed by atoms with E-state index < -0.39 is 5.97 Å². The van der Waals surface area contributed by atoms with Crippen molar-refractivity contribution in [1.82, 2.24) is 4.98 Å². The Balaban J connectivity index is 1.45. The van der Waals surface area contributed by atoms with E-state index in [0.717, 1.165) is 62.2 Å². The van der Waals surface area contributed by atoms with Gasteiger partial charge < -0.3 is 14.8 Å². The summed E-state index contributed by atoms with van der Waals surface area (Å²) in [6, 6.07) is 21.5. The van der Waals surface area contributed by atoms with Crippen molar-refractivity contribution in [3.05, 3.63) is 99.4 Å². The second-order valence-corrected chi connectivity index (χ2v) is 11.0. The first-order valence-corrected chi connectivity index (χ1v) is 13.9. The summed E-state index contributed by atoms with van der Waals surface area (Å²) in [5, 5.41) is 4.30. The van der Waals surface area contributed by atoms with Crippen molar-refractivity contribution in [2.45, 2.75) is 26.7 Å². The van der Waals surface area contributed by atoms with Crippen molar-refractivity contribution in [2.24, 2.45) is 0 Å². The van der Waals surface area contributed by atoms with Gasteiger partial charge in [0.25, 0.3) is 5.91 Å². The number of aromatic nitrogens is 1. The zero-order chi connectivity index (χ0) is 28.0. The highest BCUT2D eigenvalue weighted by molar-refractivity contribution is 7.17. The lowest BCUT2D eigenvalue weighted by Crippen LogP contribution is -2.15. The lowest BCUT2D eigenvalue weighted by molar-refractivity contribution is 0.0603. The van der Waals surface area contributed by atoms with Crippen LogP contribution in [-0.2, 0) is 17.6 Å². The molecule has 0 atom stereocenters. The fourth-order valence-corrected chi connectivity index (χ4v) is 6.50. The summed E-state index contributed by atoms with van der Waals surface area (Å²) >= 11 is 1.43. The molecule has 0 fully saturated rings. The first-order chi connectivity index (χ1) is 19.4. The second-order valence-electron chi connectivity index (χ2n) is 9.94. The van der Waals surface area contributed by atoms with Gasteiger partial charge >= 0.3 is 5.97 Å². The summed E-state index contributed by atoms with van der Waals surface area (Å²) in [6.07, 6.45) is 1.58. The van der Waals surface area contributed by atoms with Crippen molar-refractivity contribution in [2.75, 3.05) is 19.5 Å². The number of fused-ring (bicyclic) bond motifs is 4. The number of hydrogen-bond donors (Lipinski definition) is 1. The molecule has 0 saturated carbocycles. The fraction of sp³-hybridized carbons (Fsp3) is 0.182. The molecule has 0 radical (unpaired) electrons. The maximum absolute atomic E-state index is 13.9. The average molecular weight is 549 g/mol. The van der Waals surface area contributed by atoms with Gasteiger partial charge in [0, 0.05) is 21.4 Å². The molecule has 0 bridgehead atoms. The Kier molecular flexibility index (Phi) is 6.60. The number of carbonyl (C=O) groups excluding carboxylic acids is 2. The van der Waals surface area contributed by atoms with Crippen LogP contribution in [0.2, 0.25) is 0 Å². The molecule has 0 aliphatic heterocycles. The maximum Gasteiger partial charge on any atom is 0.341 e. The number of amides is 1. The van der Waals surface area contributed by atoms with E-state index in [1.807, 2.05) is 54.6 Å². The highest BCUT2D eigenvalue weighted by Gasteiger charge is 2.30. The van der Waals surface area contributed by atoms with E-state index in [0.29, 0.717) is 21.8 Å². The molecule has 1 aliphatic carbocycles. The largest absolute Gasteiger partial charge is 0.497 e. The molecule has 3 aromatic carbocycles. The standard InChI is InChI=1S/C33H28N2O4S/c1-18-9-10-21(15-19(18)2)27-17-25(24-7-5-6-8-26(24)34-27)31(36)35-32-30(33(37)39-4)29-23-13-12-22(38-3)16-20(23)11-14-28(29)40-32/h5-10,12-13,15-17H,11,14H2,1-4H3,(H,35,36). The molecule has 2 heterocycles. The van der Waals surface area contributed by atoms with Crippen molar-refractivity contribution < 1.29 is 19.1 Å². The minimum Gasteiger partial charge on any atom is -0.497 e. The SMILES string of the molecule is COC(=O)c1c(NC(=O)c2cc(-c3ccc(C)c(C)c3)nc3ccccc23)sc2c1-c1ccc(OC)cc1CC2. The summed E-state index contributed by atoms with van der Waals surface area (Å²) < 4.78 is 10.6. The number of aryl methyl sites for hydroxylation is 4. The Morgan fingerprint density at radius 1 is 0.925 bits per heavy atom. The number of carbonyl (C=O) groups is 2. The van der Waals surface area contributed by atoms with E-state index >= 15 is 0 Å². The van der Waals surface area contributed by atoms with Gasteiger partial charge in [0.2, 0.25) is 0 Å². The highest BCUT2D eigenvalue weighted by atomic mass is 32.1. The zero-order valence-electron chi connectivity index (χ0n) is 22.8. The van der Waals surface area contributed by atoms with Crippen LogP contribution in [-0.4, -0.2) is 31.1 Å². The number of para-hydroxylation sites is 1. The van der Waals surface area contributed by atoms with Crippen LogP contribution in [0.25, 0.3) is 33.3 Å². The van der Waals surface area contributed by atoms with Gasteiger partial charge in [-0.25, -0.2) is 9.78 Å². The van der Waals surface area contributed by atoms with Gasteiger partial charge in [0.15, 0.2) is 0 Å². The van der Waals surface area contributed by atoms with Crippen LogP contribution in [0.1, 0.15) is 42.3 Å². The molecule has 200 valence electrons. The Morgan fingerprint density at radius 2 is 1.75 bits per heavy atom. The van der Waals surface area contributed by atoms with Crippen LogP contribution in [0.15, 0.2) is 66.7 Å². The molecule has 2 aromatic heterocycles. The topological polar surface area (TPSA) is 77.5 Å². The lowest BCUT2D eigenvalue weighted by Gasteiger charge is -2.18. The molecule has 0 saturated heterocycles. The third-order valence-corrected chi connectivity index (χ3v) is 8.73. The van der Waals surface area contributed by atoms with Crippen molar-refractivity contribution >= 4 is 39.1 Å². The van der Waals surface area contributed by atoms with Crippen LogP contribution in [0.3, 0.4) is 0 Å². The normalized spacial score (nSPS) is 12.0. The Labute approximate surface area is 236 Å². The molecule has 40 heavy (non-hydrogen) atoms. The highest BCUT2D eigenvalue weighted by Crippen LogP contribution is 2.46. The quantitative estimate of drug-likeness (QED) is 0.232. The van der Waals surface area contributed by atoms with E-state index in [1.54, 1.807) is 7.11 Å². The van der Waals surface area contributed by atoms with E-state index in [4.69, 9.17) is 14.5 Å². The van der Waals surface area contributed by atoms with E-state index in [2.05, 4.69) is 31.3 Å². The Morgan fingerprint density at radius 3 is 2.52 bits per heavy atom. The average Bonchev–Trinajstić information content (AvgIpc) is 3.35. The third kappa shape index (κ3) is 4.42. The van der Waals surface area contributed by atoms with E-state index in [-0.39, 0.29) is 5.91 Å². The molecule has 1 amide bonds. The number of rotatable bonds is 5. The van der Waals surface area contributed by atoms with Gasteiger partial charge in [-0.05, 0) is 79.3 Å². The predicted molar refractivity (Wildman–Crippen MR) is 160 cm³/mol. The number of benzene rings is 3. The number of thiophene rings is 1. The van der Waals surface area contributed by atoms with Crippen molar-refractivity contribution in [3.8, 4) is 28.1 Å². The predicted octanol–water partition coefficient (Wildman–Crippen LogP) is 7.39. The van der Waals surface area contributed by atoms with Gasteiger partial charge in [-0.15, -0.1) is 11.3 Å². The number of nitrogens with one attached hydrogen (secondary N) is 1. The number of hydrogen-bond acceptors (Lipinski definition) is 6. The summed E-state index contributed by atoms with van der Waals surface area (Å²) in [4.78, 5) is 33.0. The Bertz CT molecular complexity index is 1820. The summed E-state index contributed by atoms with van der Waals surface area (Å²) in [5.74, 6) is -0.0102. The number of anilines is 1. The van der Waals surface area contributed by atoms with Crippen molar-refractivity contribution in [3.63, 3.8) is 0 Å². The zero-order valence-corrected chi connectivity index (χ0v) is 23.6. The minimum atomic E-state index is -0.480. The first kappa shape index (κ1) is 25.8. The number of ether oxygens (including phenoxy) is 2. The molecular formula is C33H28N2O4S. The molecule has 1 N–H and O–H groups in total. The van der Waals surface area contributed by atoms with Crippen molar-refractivity contribution in [1.29, 1.82) is 0 Å². The molecule has 0 spiro atoms. The van der Waals surface area contributed by atoms with E-state index in [1.165, 1.54) is 24.0 Å². The van der Waals surface area contributed by atoms with Crippen LogP contribution < -0.4 is 10.1 Å². The summed E-state index contributed by atoms with van der Waals surface area (Å²) in [6.45, 7) is 4.13. The number of esters is 1. The molecule has 5 aromatic rings. The molecule has 6 rings (SSSR count). The Hall–Kier alpha value is -4.49. The third-order valence-electron chi connectivity index (χ3n) is 7.56. The van der Waals surface area contributed by atoms with Crippen LogP contribution in [0, 0.1) is 13.8 Å². The molecule has 7 heteroatoms. The van der Waals surface area contributed by atoms with Gasteiger partial charge in [-0.1, -0.05) is 36.4 Å². The smallest absolute Gasteiger partial charge is 0.341 e. The number of nitrogens with zero attached hydrogens (tertiary/aromatic N) is 1. The van der Waals surface area contributed by atoms with Gasteiger partial charge in [0.1, 0.15) is 16.3 Å². The lowest BCUT2D eigenvalue weighted by atomic mass is 9.88. The molecular weight excluding hydrogens is 520 g/mol. The maximum atomic E-state index is 13.9. The summed E-state index contributed by atoms with van der Waals surface area (Å²) in [7, 11) is 3.00. The van der Waals surface area contributed by atoms with Crippen LogP contribution in [0.5, 0.6) is 5.75 Å². The molecule has 0 unspecified atom stereocenters. The van der Waals surface area contributed by atoms with Crippen LogP contribution in [0.4, 0.5) is 5.00 Å². The van der Waals surface area contributed by atoms with Gasteiger partial charge in [0.05, 0.1) is 31.0 Å². The summed E-state index contributed by atoms with van der Waals surface area (Å²) in [5.41, 5.74) is 8.50. The second kappa shape index (κ2) is 10.2. The monoisotopic (exact) mass is 548 g/mol. The number of pyridine rings is 1. The molecule has 6 nitrogen and oxygen atoms in total.